The second kappa shape index (κ2) is 6.07. The van der Waals surface area contributed by atoms with Crippen LogP contribution in [0.25, 0.3) is 0 Å². The molecule has 2 aliphatic rings. The molecule has 130 valence electrons. The first-order chi connectivity index (χ1) is 12.8. The second-order valence-electron chi connectivity index (χ2n) is 6.27. The summed E-state index contributed by atoms with van der Waals surface area (Å²) < 4.78 is 10.8. The maximum absolute atomic E-state index is 13.2. The normalized spacial score (nSPS) is 17.8. The molecular weight excluding hydrogens is 348 g/mol. The molecule has 0 saturated carbocycles. The smallest absolute Gasteiger partial charge is 0.258 e. The molecule has 5 nitrogen and oxygen atoms in total. The number of rotatable bonds is 3. The van der Waals surface area contributed by atoms with Gasteiger partial charge in [0.05, 0.1) is 5.56 Å². The van der Waals surface area contributed by atoms with Gasteiger partial charge in [0.1, 0.15) is 6.17 Å². The average molecular weight is 364 g/mol. The monoisotopic (exact) mass is 364 g/mol. The van der Waals surface area contributed by atoms with E-state index in [0.717, 1.165) is 28.3 Å². The minimum absolute atomic E-state index is 0.0215. The quantitative estimate of drug-likeness (QED) is 0.755. The molecule has 2 aliphatic heterocycles. The van der Waals surface area contributed by atoms with E-state index >= 15 is 0 Å². The molecule has 0 fully saturated rings. The third-order valence-corrected chi connectivity index (χ3v) is 5.37. The predicted octanol–water partition coefficient (Wildman–Crippen LogP) is 4.24. The van der Waals surface area contributed by atoms with Crippen LogP contribution >= 0.6 is 11.3 Å². The molecule has 26 heavy (non-hydrogen) atoms. The van der Waals surface area contributed by atoms with Crippen LogP contribution in [0.1, 0.15) is 27.7 Å². The van der Waals surface area contributed by atoms with Crippen molar-refractivity contribution >= 4 is 22.9 Å². The standard InChI is InChI=1S/C20H16N2O3S/c23-20-15-3-1-2-4-16(15)21-19(14-7-8-26-11-14)22(20)10-13-5-6-17-18(9-13)25-12-24-17/h1-9,11,19,21H,10,12H2. The van der Waals surface area contributed by atoms with Crippen molar-refractivity contribution in [1.29, 1.82) is 0 Å². The van der Waals surface area contributed by atoms with Gasteiger partial charge in [0.15, 0.2) is 11.5 Å². The topological polar surface area (TPSA) is 50.8 Å². The number of benzene rings is 2. The van der Waals surface area contributed by atoms with E-state index in [4.69, 9.17) is 9.47 Å². The summed E-state index contributed by atoms with van der Waals surface area (Å²) >= 11 is 1.63. The van der Waals surface area contributed by atoms with Crippen molar-refractivity contribution in [3.05, 3.63) is 76.0 Å². The Morgan fingerprint density at radius 3 is 2.88 bits per heavy atom. The Kier molecular flexibility index (Phi) is 3.57. The summed E-state index contributed by atoms with van der Waals surface area (Å²) in [5.74, 6) is 1.50. The maximum atomic E-state index is 13.2. The van der Waals surface area contributed by atoms with Crippen molar-refractivity contribution in [2.24, 2.45) is 0 Å². The van der Waals surface area contributed by atoms with E-state index in [1.54, 1.807) is 11.3 Å². The van der Waals surface area contributed by atoms with E-state index in [9.17, 15) is 4.79 Å². The van der Waals surface area contributed by atoms with Crippen molar-refractivity contribution in [1.82, 2.24) is 4.90 Å². The molecule has 0 radical (unpaired) electrons. The van der Waals surface area contributed by atoms with Crippen molar-refractivity contribution in [2.45, 2.75) is 12.7 Å². The summed E-state index contributed by atoms with van der Waals surface area (Å²) in [5, 5.41) is 7.61. The van der Waals surface area contributed by atoms with Crippen LogP contribution in [-0.2, 0) is 6.54 Å². The SMILES string of the molecule is O=C1c2ccccc2NC(c2ccsc2)N1Cc1ccc2c(c1)OCO2. The fraction of sp³-hybridized carbons (Fsp3) is 0.150. The molecule has 5 rings (SSSR count). The lowest BCUT2D eigenvalue weighted by atomic mass is 10.0. The number of anilines is 1. The first kappa shape index (κ1) is 15.3. The van der Waals surface area contributed by atoms with Gasteiger partial charge in [-0.2, -0.15) is 11.3 Å². The van der Waals surface area contributed by atoms with Gasteiger partial charge >= 0.3 is 0 Å². The molecule has 1 unspecified atom stereocenters. The highest BCUT2D eigenvalue weighted by Gasteiger charge is 2.33. The minimum atomic E-state index is -0.200. The van der Waals surface area contributed by atoms with Gasteiger partial charge in [-0.05, 0) is 46.7 Å². The summed E-state index contributed by atoms with van der Waals surface area (Å²) in [6, 6.07) is 15.5. The third kappa shape index (κ3) is 2.50. The van der Waals surface area contributed by atoms with Crippen LogP contribution in [0.5, 0.6) is 11.5 Å². The minimum Gasteiger partial charge on any atom is -0.454 e. The zero-order chi connectivity index (χ0) is 17.5. The summed E-state index contributed by atoms with van der Waals surface area (Å²) in [7, 11) is 0. The Balaban J connectivity index is 1.53. The molecule has 1 atom stereocenters. The Hall–Kier alpha value is -2.99. The molecule has 3 aromatic rings. The van der Waals surface area contributed by atoms with Gasteiger partial charge < -0.3 is 19.7 Å². The number of thiophene rings is 1. The Labute approximate surface area is 154 Å². The molecule has 0 bridgehead atoms. The van der Waals surface area contributed by atoms with Crippen molar-refractivity contribution in [3.8, 4) is 11.5 Å². The maximum Gasteiger partial charge on any atom is 0.258 e. The number of hydrogen-bond donors (Lipinski definition) is 1. The Bertz CT molecular complexity index is 971. The van der Waals surface area contributed by atoms with Gasteiger partial charge in [0.2, 0.25) is 6.79 Å². The number of nitrogens with one attached hydrogen (secondary N) is 1. The van der Waals surface area contributed by atoms with Gasteiger partial charge in [-0.15, -0.1) is 0 Å². The highest BCUT2D eigenvalue weighted by molar-refractivity contribution is 7.08. The zero-order valence-corrected chi connectivity index (χ0v) is 14.7. The third-order valence-electron chi connectivity index (χ3n) is 4.67. The number of hydrogen-bond acceptors (Lipinski definition) is 5. The van der Waals surface area contributed by atoms with E-state index in [1.807, 2.05) is 52.7 Å². The van der Waals surface area contributed by atoms with Crippen LogP contribution in [0.3, 0.4) is 0 Å². The molecule has 0 saturated heterocycles. The molecule has 1 N–H and O–H groups in total. The van der Waals surface area contributed by atoms with E-state index in [0.29, 0.717) is 12.1 Å². The van der Waals surface area contributed by atoms with Crippen LogP contribution in [-0.4, -0.2) is 17.6 Å². The predicted molar refractivity (Wildman–Crippen MR) is 99.6 cm³/mol. The lowest BCUT2D eigenvalue weighted by Gasteiger charge is -2.37. The lowest BCUT2D eigenvalue weighted by molar-refractivity contribution is 0.0666. The largest absolute Gasteiger partial charge is 0.454 e. The van der Waals surface area contributed by atoms with Gasteiger partial charge in [0, 0.05) is 17.8 Å². The molecule has 2 aromatic carbocycles. The molecule has 1 aromatic heterocycles. The van der Waals surface area contributed by atoms with E-state index in [-0.39, 0.29) is 18.9 Å². The zero-order valence-electron chi connectivity index (χ0n) is 13.8. The first-order valence-electron chi connectivity index (χ1n) is 8.37. The highest BCUT2D eigenvalue weighted by Crippen LogP contribution is 2.37. The van der Waals surface area contributed by atoms with E-state index in [2.05, 4.69) is 16.8 Å². The van der Waals surface area contributed by atoms with Gasteiger partial charge in [-0.1, -0.05) is 18.2 Å². The lowest BCUT2D eigenvalue weighted by Crippen LogP contribution is -2.42. The summed E-state index contributed by atoms with van der Waals surface area (Å²) in [6.45, 7) is 0.727. The van der Waals surface area contributed by atoms with Crippen molar-refractivity contribution < 1.29 is 14.3 Å². The molecule has 3 heterocycles. The summed E-state index contributed by atoms with van der Waals surface area (Å²) in [5.41, 5.74) is 3.65. The van der Waals surface area contributed by atoms with Gasteiger partial charge in [-0.25, -0.2) is 0 Å². The fourth-order valence-electron chi connectivity index (χ4n) is 3.39. The average Bonchev–Trinajstić information content (AvgIpc) is 3.35. The Morgan fingerprint density at radius 1 is 1.12 bits per heavy atom. The molecule has 0 spiro atoms. The summed E-state index contributed by atoms with van der Waals surface area (Å²) in [4.78, 5) is 15.1. The van der Waals surface area contributed by atoms with Crippen molar-refractivity contribution in [2.75, 3.05) is 12.1 Å². The van der Waals surface area contributed by atoms with Crippen LogP contribution in [0.2, 0.25) is 0 Å². The van der Waals surface area contributed by atoms with Crippen LogP contribution in [0.4, 0.5) is 5.69 Å². The van der Waals surface area contributed by atoms with E-state index in [1.165, 1.54) is 0 Å². The number of ether oxygens (including phenoxy) is 2. The second-order valence-corrected chi connectivity index (χ2v) is 7.05. The fourth-order valence-corrected chi connectivity index (χ4v) is 4.06. The Morgan fingerprint density at radius 2 is 2.00 bits per heavy atom. The molecule has 1 amide bonds. The van der Waals surface area contributed by atoms with Crippen LogP contribution in [0.15, 0.2) is 59.3 Å². The number of para-hydroxylation sites is 1. The van der Waals surface area contributed by atoms with Crippen LogP contribution < -0.4 is 14.8 Å². The first-order valence-corrected chi connectivity index (χ1v) is 9.31. The van der Waals surface area contributed by atoms with Crippen molar-refractivity contribution in [3.63, 3.8) is 0 Å². The molecule has 0 aliphatic carbocycles. The van der Waals surface area contributed by atoms with Crippen LogP contribution in [0, 0.1) is 0 Å². The molecular formula is C20H16N2O3S. The highest BCUT2D eigenvalue weighted by atomic mass is 32.1. The van der Waals surface area contributed by atoms with Gasteiger partial charge in [0.25, 0.3) is 5.91 Å². The van der Waals surface area contributed by atoms with E-state index < -0.39 is 0 Å². The molecule has 6 heteroatoms. The number of fused-ring (bicyclic) bond motifs is 2. The number of carbonyl (C=O) groups excluding carboxylic acids is 1. The number of carbonyl (C=O) groups is 1. The number of amides is 1. The summed E-state index contributed by atoms with van der Waals surface area (Å²) in [6.07, 6.45) is -0.200. The van der Waals surface area contributed by atoms with Gasteiger partial charge in [-0.3, -0.25) is 4.79 Å². The number of nitrogens with zero attached hydrogens (tertiary/aromatic N) is 1.